The first-order valence-corrected chi connectivity index (χ1v) is 9.33. The van der Waals surface area contributed by atoms with Crippen molar-refractivity contribution in [3.05, 3.63) is 81.5 Å². The zero-order valence-electron chi connectivity index (χ0n) is 15.9. The minimum Gasteiger partial charge on any atom is -0.465 e. The van der Waals surface area contributed by atoms with Crippen molar-refractivity contribution in [2.24, 2.45) is 0 Å². The summed E-state index contributed by atoms with van der Waals surface area (Å²) in [6.07, 6.45) is 3.03. The van der Waals surface area contributed by atoms with Crippen LogP contribution in [0.5, 0.6) is 0 Å². The van der Waals surface area contributed by atoms with Crippen LogP contribution in [0.25, 0.3) is 16.6 Å². The molecule has 0 unspecified atom stereocenters. The number of benzene rings is 1. The van der Waals surface area contributed by atoms with E-state index in [4.69, 9.17) is 21.1 Å². The monoisotopic (exact) mass is 425 g/mol. The Kier molecular flexibility index (Phi) is 5.24. The largest absolute Gasteiger partial charge is 0.465 e. The predicted octanol–water partition coefficient (Wildman–Crippen LogP) is 2.83. The fourth-order valence-corrected chi connectivity index (χ4v) is 3.35. The maximum absolute atomic E-state index is 12.4. The molecule has 30 heavy (non-hydrogen) atoms. The van der Waals surface area contributed by atoms with Crippen LogP contribution in [0.3, 0.4) is 0 Å². The number of hydrogen-bond acceptors (Lipinski definition) is 6. The Labute approximate surface area is 175 Å². The van der Waals surface area contributed by atoms with E-state index in [1.165, 1.54) is 23.8 Å². The van der Waals surface area contributed by atoms with Gasteiger partial charge in [0, 0.05) is 29.4 Å². The summed E-state index contributed by atoms with van der Waals surface area (Å²) in [7, 11) is 1.30. The molecule has 4 rings (SSSR count). The zero-order valence-corrected chi connectivity index (χ0v) is 16.6. The van der Waals surface area contributed by atoms with E-state index in [1.54, 1.807) is 41.1 Å². The molecule has 0 fully saturated rings. The number of pyridine rings is 1. The van der Waals surface area contributed by atoms with Crippen LogP contribution in [-0.2, 0) is 27.4 Å². The number of hydrogen-bond donors (Lipinski definition) is 0. The lowest BCUT2D eigenvalue weighted by Gasteiger charge is -2.08. The van der Waals surface area contributed by atoms with E-state index in [9.17, 15) is 14.4 Å². The Hall–Kier alpha value is -3.65. The molecular weight excluding hydrogens is 410 g/mol. The highest BCUT2D eigenvalue weighted by molar-refractivity contribution is 6.30. The second kappa shape index (κ2) is 8.00. The van der Waals surface area contributed by atoms with E-state index in [1.807, 2.05) is 6.07 Å². The minimum absolute atomic E-state index is 0.111. The van der Waals surface area contributed by atoms with Crippen LogP contribution in [0, 0.1) is 0 Å². The number of aromatic nitrogens is 3. The molecular formula is C21H16ClN3O5. The lowest BCUT2D eigenvalue weighted by molar-refractivity contribution is -0.145. The summed E-state index contributed by atoms with van der Waals surface area (Å²) >= 11 is 5.89. The number of esters is 2. The Morgan fingerprint density at radius 3 is 2.73 bits per heavy atom. The smallest absolute Gasteiger partial charge is 0.340 e. The van der Waals surface area contributed by atoms with Gasteiger partial charge in [0.2, 0.25) is 0 Å². The highest BCUT2D eigenvalue weighted by atomic mass is 35.5. The fraction of sp³-hybridized carbons (Fsp3) is 0.143. The molecule has 0 aliphatic carbocycles. The van der Waals surface area contributed by atoms with Crippen molar-refractivity contribution in [1.29, 1.82) is 0 Å². The van der Waals surface area contributed by atoms with Gasteiger partial charge in [0.15, 0.2) is 0 Å². The zero-order chi connectivity index (χ0) is 21.3. The number of carbonyl (C=O) groups is 2. The summed E-state index contributed by atoms with van der Waals surface area (Å²) in [6, 6.07) is 11.7. The molecule has 0 spiro atoms. The first-order chi connectivity index (χ1) is 14.5. The lowest BCUT2D eigenvalue weighted by Crippen LogP contribution is -2.18. The summed E-state index contributed by atoms with van der Waals surface area (Å²) < 4.78 is 13.0. The van der Waals surface area contributed by atoms with E-state index in [-0.39, 0.29) is 18.7 Å². The van der Waals surface area contributed by atoms with Crippen LogP contribution in [0.15, 0.2) is 59.7 Å². The SMILES string of the molecule is COC(=O)c1cn(CC(=O)OCc2cc(=O)n3cc(Cl)ccc3n2)c2ccccc12. The van der Waals surface area contributed by atoms with Crippen LogP contribution in [-0.4, -0.2) is 33.0 Å². The van der Waals surface area contributed by atoms with Crippen LogP contribution < -0.4 is 5.56 Å². The van der Waals surface area contributed by atoms with E-state index in [0.717, 1.165) is 0 Å². The number of fused-ring (bicyclic) bond motifs is 2. The molecule has 0 aliphatic heterocycles. The molecule has 0 bridgehead atoms. The topological polar surface area (TPSA) is 91.9 Å². The molecule has 9 heteroatoms. The van der Waals surface area contributed by atoms with Crippen molar-refractivity contribution < 1.29 is 19.1 Å². The van der Waals surface area contributed by atoms with E-state index in [0.29, 0.717) is 32.8 Å². The van der Waals surface area contributed by atoms with Gasteiger partial charge < -0.3 is 14.0 Å². The molecule has 3 heterocycles. The van der Waals surface area contributed by atoms with E-state index < -0.39 is 11.9 Å². The predicted molar refractivity (Wildman–Crippen MR) is 110 cm³/mol. The normalized spacial score (nSPS) is 11.0. The number of nitrogens with zero attached hydrogens (tertiary/aromatic N) is 3. The van der Waals surface area contributed by atoms with Gasteiger partial charge in [-0.1, -0.05) is 29.8 Å². The summed E-state index contributed by atoms with van der Waals surface area (Å²) in [4.78, 5) is 40.9. The summed E-state index contributed by atoms with van der Waals surface area (Å²) in [6.45, 7) is -0.268. The molecule has 3 aromatic heterocycles. The molecule has 0 N–H and O–H groups in total. The average Bonchev–Trinajstić information content (AvgIpc) is 3.11. The highest BCUT2D eigenvalue weighted by Gasteiger charge is 2.17. The van der Waals surface area contributed by atoms with E-state index >= 15 is 0 Å². The van der Waals surface area contributed by atoms with Gasteiger partial charge in [0.05, 0.1) is 23.4 Å². The van der Waals surface area contributed by atoms with Crippen LogP contribution >= 0.6 is 11.6 Å². The molecule has 0 atom stereocenters. The van der Waals surface area contributed by atoms with Gasteiger partial charge in [-0.2, -0.15) is 0 Å². The van der Waals surface area contributed by atoms with Crippen molar-refractivity contribution in [1.82, 2.24) is 14.0 Å². The van der Waals surface area contributed by atoms with Gasteiger partial charge in [0.1, 0.15) is 18.8 Å². The van der Waals surface area contributed by atoms with Crippen molar-refractivity contribution in [3.8, 4) is 0 Å². The van der Waals surface area contributed by atoms with Crippen molar-refractivity contribution >= 4 is 40.1 Å². The number of halogens is 1. The van der Waals surface area contributed by atoms with Gasteiger partial charge >= 0.3 is 11.9 Å². The Morgan fingerprint density at radius 2 is 1.93 bits per heavy atom. The van der Waals surface area contributed by atoms with Crippen LogP contribution in [0.2, 0.25) is 5.02 Å². The third-order valence-electron chi connectivity index (χ3n) is 4.55. The third-order valence-corrected chi connectivity index (χ3v) is 4.77. The molecule has 1 aromatic carbocycles. The summed E-state index contributed by atoms with van der Waals surface area (Å²) in [5.41, 5.74) is 1.46. The first-order valence-electron chi connectivity index (χ1n) is 8.96. The van der Waals surface area contributed by atoms with Gasteiger partial charge in [-0.3, -0.25) is 14.0 Å². The maximum atomic E-state index is 12.4. The second-order valence-corrected chi connectivity index (χ2v) is 6.94. The van der Waals surface area contributed by atoms with Crippen LogP contribution in [0.4, 0.5) is 0 Å². The Bertz CT molecular complexity index is 1340. The highest BCUT2D eigenvalue weighted by Crippen LogP contribution is 2.22. The molecule has 152 valence electrons. The lowest BCUT2D eigenvalue weighted by atomic mass is 10.2. The first kappa shape index (κ1) is 19.7. The maximum Gasteiger partial charge on any atom is 0.340 e. The van der Waals surface area contributed by atoms with Gasteiger partial charge in [-0.05, 0) is 18.2 Å². The number of methoxy groups -OCH3 is 1. The molecule has 0 aliphatic rings. The van der Waals surface area contributed by atoms with Gasteiger partial charge in [-0.25, -0.2) is 9.78 Å². The van der Waals surface area contributed by atoms with Gasteiger partial charge in [-0.15, -0.1) is 0 Å². The quantitative estimate of drug-likeness (QED) is 0.456. The van der Waals surface area contributed by atoms with Gasteiger partial charge in [0.25, 0.3) is 5.56 Å². The molecule has 0 amide bonds. The van der Waals surface area contributed by atoms with E-state index in [2.05, 4.69) is 4.98 Å². The molecule has 0 radical (unpaired) electrons. The Morgan fingerprint density at radius 1 is 1.13 bits per heavy atom. The average molecular weight is 426 g/mol. The third kappa shape index (κ3) is 3.77. The fourth-order valence-electron chi connectivity index (χ4n) is 3.19. The Balaban J connectivity index is 1.52. The second-order valence-electron chi connectivity index (χ2n) is 6.50. The standard InChI is InChI=1S/C21H16ClN3O5/c1-29-21(28)16-10-24(17-5-3-2-4-15(16)17)11-20(27)30-12-14-8-19(26)25-9-13(22)6-7-18(25)23-14/h2-10H,11-12H2,1H3. The summed E-state index contributed by atoms with van der Waals surface area (Å²) in [5.74, 6) is -1.02. The summed E-state index contributed by atoms with van der Waals surface area (Å²) in [5, 5.41) is 1.09. The van der Waals surface area contributed by atoms with Crippen molar-refractivity contribution in [2.75, 3.05) is 7.11 Å². The van der Waals surface area contributed by atoms with Crippen LogP contribution in [0.1, 0.15) is 16.1 Å². The molecule has 4 aromatic rings. The molecule has 0 saturated heterocycles. The number of carbonyl (C=O) groups excluding carboxylic acids is 2. The van der Waals surface area contributed by atoms with Crippen molar-refractivity contribution in [2.45, 2.75) is 13.2 Å². The minimum atomic E-state index is -0.537. The molecule has 8 nitrogen and oxygen atoms in total. The van der Waals surface area contributed by atoms with Crippen molar-refractivity contribution in [3.63, 3.8) is 0 Å². The molecule has 0 saturated carbocycles. The number of para-hydroxylation sites is 1. The number of rotatable bonds is 5. The number of ether oxygens (including phenoxy) is 2.